The molecule has 1 atom stereocenters. The molecule has 0 fully saturated rings. The Morgan fingerprint density at radius 3 is 3.12 bits per heavy atom. The number of aromatic nitrogens is 4. The Labute approximate surface area is 96.3 Å². The average Bonchev–Trinajstić information content (AvgIpc) is 2.96. The van der Waals surface area contributed by atoms with Crippen molar-refractivity contribution in [2.24, 2.45) is 0 Å². The Bertz CT molecular complexity index is 482. The minimum Gasteiger partial charge on any atom is -0.302 e. The fraction of sp³-hybridized carbons (Fsp3) is 0.333. The van der Waals surface area contributed by atoms with Crippen molar-refractivity contribution in [3.63, 3.8) is 0 Å². The van der Waals surface area contributed by atoms with Crippen molar-refractivity contribution in [1.82, 2.24) is 25.9 Å². The maximum absolute atomic E-state index is 8.69. The number of rotatable bonds is 4. The van der Waals surface area contributed by atoms with Crippen LogP contribution in [0, 0.1) is 11.3 Å². The van der Waals surface area contributed by atoms with Crippen LogP contribution < -0.4 is 5.32 Å². The Morgan fingerprint density at radius 1 is 1.62 bits per heavy atom. The van der Waals surface area contributed by atoms with Gasteiger partial charge in [0.25, 0.3) is 0 Å². The van der Waals surface area contributed by atoms with Crippen molar-refractivity contribution < 1.29 is 0 Å². The van der Waals surface area contributed by atoms with Gasteiger partial charge >= 0.3 is 0 Å². The van der Waals surface area contributed by atoms with E-state index in [4.69, 9.17) is 5.26 Å². The zero-order chi connectivity index (χ0) is 11.4. The molecule has 0 aromatic carbocycles. The molecule has 0 aliphatic heterocycles. The van der Waals surface area contributed by atoms with Gasteiger partial charge in [-0.3, -0.25) is 0 Å². The highest BCUT2D eigenvalue weighted by molar-refractivity contribution is 7.12. The number of hydrogen-bond acceptors (Lipinski definition) is 6. The van der Waals surface area contributed by atoms with E-state index in [1.165, 1.54) is 11.3 Å². The first-order valence-corrected chi connectivity index (χ1v) is 5.57. The van der Waals surface area contributed by atoms with E-state index in [0.717, 1.165) is 9.75 Å². The monoisotopic (exact) mass is 234 g/mol. The third-order valence-corrected chi connectivity index (χ3v) is 3.09. The first-order chi connectivity index (χ1) is 7.79. The first-order valence-electron chi connectivity index (χ1n) is 4.75. The summed E-state index contributed by atoms with van der Waals surface area (Å²) in [4.78, 5) is 1.84. The Morgan fingerprint density at radius 2 is 2.50 bits per heavy atom. The minimum atomic E-state index is 0.0337. The molecular formula is C9H10N6S. The summed E-state index contributed by atoms with van der Waals surface area (Å²) in [7, 11) is 0. The average molecular weight is 234 g/mol. The molecule has 2 rings (SSSR count). The van der Waals surface area contributed by atoms with Gasteiger partial charge in [-0.15, -0.1) is 21.5 Å². The van der Waals surface area contributed by atoms with Crippen molar-refractivity contribution in [2.45, 2.75) is 19.5 Å². The topological polar surface area (TPSA) is 90.3 Å². The highest BCUT2D eigenvalue weighted by Gasteiger charge is 2.09. The van der Waals surface area contributed by atoms with Gasteiger partial charge in [0.1, 0.15) is 10.9 Å². The second-order valence-electron chi connectivity index (χ2n) is 3.25. The summed E-state index contributed by atoms with van der Waals surface area (Å²) in [6, 6.07) is 5.91. The normalized spacial score (nSPS) is 12.2. The van der Waals surface area contributed by atoms with E-state index in [0.29, 0.717) is 12.4 Å². The molecule has 2 heterocycles. The lowest BCUT2D eigenvalue weighted by atomic mass is 10.3. The lowest BCUT2D eigenvalue weighted by molar-refractivity contribution is 0.550. The number of aromatic amines is 1. The molecular weight excluding hydrogens is 224 g/mol. The van der Waals surface area contributed by atoms with E-state index in [1.54, 1.807) is 0 Å². The molecule has 0 aliphatic rings. The van der Waals surface area contributed by atoms with Crippen LogP contribution in [0.5, 0.6) is 0 Å². The fourth-order valence-corrected chi connectivity index (χ4v) is 1.99. The number of tetrazole rings is 1. The zero-order valence-electron chi connectivity index (χ0n) is 8.64. The Kier molecular flexibility index (Phi) is 3.24. The molecule has 0 radical (unpaired) electrons. The molecule has 7 heteroatoms. The van der Waals surface area contributed by atoms with Gasteiger partial charge in [-0.1, -0.05) is 5.21 Å². The van der Waals surface area contributed by atoms with Crippen molar-refractivity contribution in [2.75, 3.05) is 0 Å². The van der Waals surface area contributed by atoms with Crippen molar-refractivity contribution >= 4 is 11.3 Å². The number of thiophene rings is 1. The number of nitrogens with one attached hydrogen (secondary N) is 2. The van der Waals surface area contributed by atoms with E-state index in [2.05, 4.69) is 32.0 Å². The van der Waals surface area contributed by atoms with Gasteiger partial charge in [0.05, 0.1) is 6.04 Å². The molecule has 0 spiro atoms. The summed E-state index contributed by atoms with van der Waals surface area (Å²) in [5.74, 6) is 0.636. The number of hydrogen-bond donors (Lipinski definition) is 2. The summed E-state index contributed by atoms with van der Waals surface area (Å²) in [6.07, 6.45) is 0. The fourth-order valence-electron chi connectivity index (χ4n) is 1.23. The van der Waals surface area contributed by atoms with E-state index in [9.17, 15) is 0 Å². The Hall–Kier alpha value is -1.78. The van der Waals surface area contributed by atoms with E-state index in [1.807, 2.05) is 19.1 Å². The van der Waals surface area contributed by atoms with Crippen LogP contribution in [0.1, 0.15) is 28.5 Å². The van der Waals surface area contributed by atoms with E-state index < -0.39 is 0 Å². The standard InChI is InChI=1S/C9H10N6S/c1-6(9-12-14-15-13-9)11-5-8-3-2-7(4-10)16-8/h2-3,6,11H,5H2,1H3,(H,12,13,14,15). The summed E-state index contributed by atoms with van der Waals surface area (Å²) in [6.45, 7) is 2.66. The van der Waals surface area contributed by atoms with Crippen LogP contribution in [0.15, 0.2) is 12.1 Å². The summed E-state index contributed by atoms with van der Waals surface area (Å²) in [5, 5.41) is 25.6. The highest BCUT2D eigenvalue weighted by atomic mass is 32.1. The summed E-state index contributed by atoms with van der Waals surface area (Å²) >= 11 is 1.48. The van der Waals surface area contributed by atoms with Crippen LogP contribution in [-0.2, 0) is 6.54 Å². The molecule has 16 heavy (non-hydrogen) atoms. The minimum absolute atomic E-state index is 0.0337. The molecule has 6 nitrogen and oxygen atoms in total. The molecule has 0 saturated heterocycles. The van der Waals surface area contributed by atoms with Crippen molar-refractivity contribution in [3.05, 3.63) is 27.7 Å². The zero-order valence-corrected chi connectivity index (χ0v) is 9.45. The number of nitrogens with zero attached hydrogens (tertiary/aromatic N) is 4. The van der Waals surface area contributed by atoms with Gasteiger partial charge in [0.2, 0.25) is 0 Å². The molecule has 0 saturated carbocycles. The van der Waals surface area contributed by atoms with E-state index in [-0.39, 0.29) is 6.04 Å². The predicted molar refractivity (Wildman–Crippen MR) is 58.5 cm³/mol. The van der Waals surface area contributed by atoms with Crippen LogP contribution in [0.4, 0.5) is 0 Å². The maximum Gasteiger partial charge on any atom is 0.191 e. The number of nitriles is 1. The lowest BCUT2D eigenvalue weighted by Gasteiger charge is -2.07. The molecule has 0 amide bonds. The SMILES string of the molecule is CC(NCc1ccc(C#N)s1)c1nn[nH]n1. The van der Waals surface area contributed by atoms with Gasteiger partial charge < -0.3 is 5.32 Å². The quantitative estimate of drug-likeness (QED) is 0.823. The summed E-state index contributed by atoms with van der Waals surface area (Å²) in [5.41, 5.74) is 0. The van der Waals surface area contributed by atoms with Gasteiger partial charge in [0, 0.05) is 11.4 Å². The van der Waals surface area contributed by atoms with Crippen LogP contribution in [0.3, 0.4) is 0 Å². The maximum atomic E-state index is 8.69. The summed E-state index contributed by atoms with van der Waals surface area (Å²) < 4.78 is 0. The van der Waals surface area contributed by atoms with Gasteiger partial charge in [-0.05, 0) is 19.1 Å². The lowest BCUT2D eigenvalue weighted by Crippen LogP contribution is -2.18. The first kappa shape index (κ1) is 10.7. The molecule has 1 unspecified atom stereocenters. The van der Waals surface area contributed by atoms with Crippen LogP contribution in [0.25, 0.3) is 0 Å². The van der Waals surface area contributed by atoms with E-state index >= 15 is 0 Å². The molecule has 2 N–H and O–H groups in total. The third kappa shape index (κ3) is 2.42. The largest absolute Gasteiger partial charge is 0.302 e. The molecule has 0 bridgehead atoms. The smallest absolute Gasteiger partial charge is 0.191 e. The van der Waals surface area contributed by atoms with Crippen LogP contribution >= 0.6 is 11.3 Å². The molecule has 2 aromatic heterocycles. The van der Waals surface area contributed by atoms with Crippen LogP contribution in [-0.4, -0.2) is 20.6 Å². The van der Waals surface area contributed by atoms with Crippen molar-refractivity contribution in [1.29, 1.82) is 5.26 Å². The second kappa shape index (κ2) is 4.83. The van der Waals surface area contributed by atoms with Crippen LogP contribution in [0.2, 0.25) is 0 Å². The van der Waals surface area contributed by atoms with Gasteiger partial charge in [-0.25, -0.2) is 0 Å². The molecule has 82 valence electrons. The number of H-pyrrole nitrogens is 1. The molecule has 2 aromatic rings. The molecule has 0 aliphatic carbocycles. The van der Waals surface area contributed by atoms with Crippen molar-refractivity contribution in [3.8, 4) is 6.07 Å². The van der Waals surface area contributed by atoms with Gasteiger partial charge in [0.15, 0.2) is 5.82 Å². The predicted octanol–water partition coefficient (Wildman–Crippen LogP) is 0.984. The highest BCUT2D eigenvalue weighted by Crippen LogP contribution is 2.16. The Balaban J connectivity index is 1.90. The third-order valence-electron chi connectivity index (χ3n) is 2.10. The second-order valence-corrected chi connectivity index (χ2v) is 4.42. The van der Waals surface area contributed by atoms with Gasteiger partial charge in [-0.2, -0.15) is 10.5 Å².